The maximum Gasteiger partial charge on any atom is 0.335 e. The zero-order valence-corrected chi connectivity index (χ0v) is 11.6. The van der Waals surface area contributed by atoms with Crippen LogP contribution in [0.2, 0.25) is 0 Å². The van der Waals surface area contributed by atoms with Gasteiger partial charge < -0.3 is 9.84 Å². The molecule has 0 radical (unpaired) electrons. The molecule has 1 aliphatic rings. The molecule has 1 aromatic carbocycles. The van der Waals surface area contributed by atoms with E-state index < -0.39 is 5.97 Å². The minimum Gasteiger partial charge on any atom is -0.478 e. The van der Waals surface area contributed by atoms with E-state index >= 15 is 0 Å². The topological polar surface area (TPSA) is 49.8 Å². The summed E-state index contributed by atoms with van der Waals surface area (Å²) in [5.41, 5.74) is 2.59. The summed E-state index contributed by atoms with van der Waals surface area (Å²) in [4.78, 5) is 13.2. The van der Waals surface area contributed by atoms with Crippen LogP contribution in [0.1, 0.15) is 34.3 Å². The summed E-state index contributed by atoms with van der Waals surface area (Å²) in [5.74, 6) is -0.868. The maximum atomic E-state index is 10.9. The largest absolute Gasteiger partial charge is 0.478 e. The van der Waals surface area contributed by atoms with Crippen LogP contribution in [0.5, 0.6) is 0 Å². The molecule has 0 atom stereocenters. The van der Waals surface area contributed by atoms with Gasteiger partial charge >= 0.3 is 5.97 Å². The predicted molar refractivity (Wildman–Crippen MR) is 73.4 cm³/mol. The van der Waals surface area contributed by atoms with E-state index in [4.69, 9.17) is 9.84 Å². The quantitative estimate of drug-likeness (QED) is 0.905. The molecule has 0 spiro atoms. The van der Waals surface area contributed by atoms with Crippen LogP contribution in [0.4, 0.5) is 0 Å². The van der Waals surface area contributed by atoms with Gasteiger partial charge in [0.25, 0.3) is 0 Å². The van der Waals surface area contributed by atoms with Crippen molar-refractivity contribution in [2.45, 2.75) is 32.4 Å². The minimum atomic E-state index is -0.868. The van der Waals surface area contributed by atoms with Gasteiger partial charge in [0.2, 0.25) is 0 Å². The van der Waals surface area contributed by atoms with E-state index in [9.17, 15) is 4.79 Å². The number of nitrogens with zero attached hydrogens (tertiary/aromatic N) is 1. The molecule has 0 bridgehead atoms. The Morgan fingerprint density at radius 3 is 2.68 bits per heavy atom. The average Bonchev–Trinajstić information content (AvgIpc) is 2.41. The lowest BCUT2D eigenvalue weighted by atomic mass is 10.0. The molecule has 1 heterocycles. The van der Waals surface area contributed by atoms with Gasteiger partial charge in [0, 0.05) is 25.8 Å². The lowest BCUT2D eigenvalue weighted by molar-refractivity contribution is 0.0406. The smallest absolute Gasteiger partial charge is 0.335 e. The third-order valence-electron chi connectivity index (χ3n) is 3.82. The summed E-state index contributed by atoms with van der Waals surface area (Å²) < 4.78 is 5.37. The first-order valence-electron chi connectivity index (χ1n) is 6.68. The van der Waals surface area contributed by atoms with E-state index in [-0.39, 0.29) is 0 Å². The molecule has 104 valence electrons. The van der Waals surface area contributed by atoms with E-state index in [1.807, 2.05) is 13.0 Å². The second kappa shape index (κ2) is 6.17. The van der Waals surface area contributed by atoms with Crippen LogP contribution in [0.3, 0.4) is 0 Å². The van der Waals surface area contributed by atoms with Crippen molar-refractivity contribution < 1.29 is 14.6 Å². The van der Waals surface area contributed by atoms with Crippen molar-refractivity contribution in [3.8, 4) is 0 Å². The number of benzene rings is 1. The average molecular weight is 263 g/mol. The number of ether oxygens (including phenoxy) is 1. The standard InChI is InChI=1S/C15H21NO3/c1-11-9-12(15(17)18)3-4-13(11)10-16(2)14-5-7-19-8-6-14/h3-4,9,14H,5-8,10H2,1-2H3,(H,17,18). The molecule has 1 N–H and O–H groups in total. The molecule has 4 heteroatoms. The summed E-state index contributed by atoms with van der Waals surface area (Å²) in [6.45, 7) is 4.51. The van der Waals surface area contributed by atoms with Crippen molar-refractivity contribution in [2.75, 3.05) is 20.3 Å². The number of carboxylic acid groups (broad SMARTS) is 1. The molecule has 0 aliphatic carbocycles. The van der Waals surface area contributed by atoms with E-state index in [0.29, 0.717) is 11.6 Å². The molecule has 0 saturated carbocycles. The normalized spacial score (nSPS) is 16.8. The van der Waals surface area contributed by atoms with Crippen molar-refractivity contribution in [1.82, 2.24) is 4.90 Å². The van der Waals surface area contributed by atoms with Crippen LogP contribution in [0.25, 0.3) is 0 Å². The second-order valence-corrected chi connectivity index (χ2v) is 5.21. The number of hydrogen-bond donors (Lipinski definition) is 1. The second-order valence-electron chi connectivity index (χ2n) is 5.21. The Balaban J connectivity index is 2.03. The number of hydrogen-bond acceptors (Lipinski definition) is 3. The summed E-state index contributed by atoms with van der Waals surface area (Å²) in [7, 11) is 2.13. The van der Waals surface area contributed by atoms with Crippen LogP contribution < -0.4 is 0 Å². The van der Waals surface area contributed by atoms with Crippen LogP contribution in [-0.4, -0.2) is 42.3 Å². The molecule has 2 rings (SSSR count). The van der Waals surface area contributed by atoms with Crippen LogP contribution >= 0.6 is 0 Å². The van der Waals surface area contributed by atoms with E-state index in [1.54, 1.807) is 12.1 Å². The molecule has 0 aromatic heterocycles. The van der Waals surface area contributed by atoms with Crippen molar-refractivity contribution in [3.05, 3.63) is 34.9 Å². The van der Waals surface area contributed by atoms with Gasteiger partial charge in [0.05, 0.1) is 5.56 Å². The van der Waals surface area contributed by atoms with E-state index in [0.717, 1.165) is 38.2 Å². The Hall–Kier alpha value is -1.39. The van der Waals surface area contributed by atoms with Gasteiger partial charge in [-0.05, 0) is 50.1 Å². The van der Waals surface area contributed by atoms with E-state index in [2.05, 4.69) is 11.9 Å². The van der Waals surface area contributed by atoms with Crippen LogP contribution in [0, 0.1) is 6.92 Å². The highest BCUT2D eigenvalue weighted by Crippen LogP contribution is 2.18. The van der Waals surface area contributed by atoms with Gasteiger partial charge in [-0.15, -0.1) is 0 Å². The Labute approximate surface area is 114 Å². The number of aryl methyl sites for hydroxylation is 1. The summed E-state index contributed by atoms with van der Waals surface area (Å²) >= 11 is 0. The summed E-state index contributed by atoms with van der Waals surface area (Å²) in [5, 5.41) is 8.96. The van der Waals surface area contributed by atoms with Crippen LogP contribution in [-0.2, 0) is 11.3 Å². The number of carbonyl (C=O) groups is 1. The molecule has 1 fully saturated rings. The first kappa shape index (κ1) is 14.0. The third-order valence-corrected chi connectivity index (χ3v) is 3.82. The fourth-order valence-corrected chi connectivity index (χ4v) is 2.53. The molecular weight excluding hydrogens is 242 g/mol. The first-order chi connectivity index (χ1) is 9.08. The van der Waals surface area contributed by atoms with Gasteiger partial charge in [-0.1, -0.05) is 6.07 Å². The lowest BCUT2D eigenvalue weighted by Crippen LogP contribution is -2.36. The Kier molecular flexibility index (Phi) is 4.56. The number of aromatic carboxylic acids is 1. The van der Waals surface area contributed by atoms with Crippen LogP contribution in [0.15, 0.2) is 18.2 Å². The zero-order chi connectivity index (χ0) is 13.8. The fourth-order valence-electron chi connectivity index (χ4n) is 2.53. The number of carboxylic acids is 1. The highest BCUT2D eigenvalue weighted by Gasteiger charge is 2.19. The molecule has 1 aromatic rings. The Bertz CT molecular complexity index is 453. The Morgan fingerprint density at radius 1 is 1.42 bits per heavy atom. The van der Waals surface area contributed by atoms with Crippen molar-refractivity contribution in [2.24, 2.45) is 0 Å². The molecule has 0 amide bonds. The van der Waals surface area contributed by atoms with Gasteiger partial charge in [0.15, 0.2) is 0 Å². The van der Waals surface area contributed by atoms with E-state index in [1.165, 1.54) is 5.56 Å². The molecule has 1 saturated heterocycles. The monoisotopic (exact) mass is 263 g/mol. The summed E-state index contributed by atoms with van der Waals surface area (Å²) in [6.07, 6.45) is 2.14. The molecule has 19 heavy (non-hydrogen) atoms. The van der Waals surface area contributed by atoms with Gasteiger partial charge in [-0.2, -0.15) is 0 Å². The van der Waals surface area contributed by atoms with Gasteiger partial charge in [-0.3, -0.25) is 4.90 Å². The summed E-state index contributed by atoms with van der Waals surface area (Å²) in [6, 6.07) is 5.92. The minimum absolute atomic E-state index is 0.356. The molecule has 0 unspecified atom stereocenters. The molecule has 1 aliphatic heterocycles. The highest BCUT2D eigenvalue weighted by molar-refractivity contribution is 5.87. The zero-order valence-electron chi connectivity index (χ0n) is 11.6. The molecular formula is C15H21NO3. The van der Waals surface area contributed by atoms with Crippen molar-refractivity contribution >= 4 is 5.97 Å². The first-order valence-corrected chi connectivity index (χ1v) is 6.68. The predicted octanol–water partition coefficient (Wildman–Crippen LogP) is 2.30. The SMILES string of the molecule is Cc1cc(C(=O)O)ccc1CN(C)C1CCOCC1. The Morgan fingerprint density at radius 2 is 2.11 bits per heavy atom. The van der Waals surface area contributed by atoms with Crippen molar-refractivity contribution in [3.63, 3.8) is 0 Å². The third kappa shape index (κ3) is 3.55. The fraction of sp³-hybridized carbons (Fsp3) is 0.533. The van der Waals surface area contributed by atoms with Gasteiger partial charge in [-0.25, -0.2) is 4.79 Å². The van der Waals surface area contributed by atoms with Crippen molar-refractivity contribution in [1.29, 1.82) is 0 Å². The maximum absolute atomic E-state index is 10.9. The lowest BCUT2D eigenvalue weighted by Gasteiger charge is -2.31. The number of rotatable bonds is 4. The van der Waals surface area contributed by atoms with Gasteiger partial charge in [0.1, 0.15) is 0 Å². The molecule has 4 nitrogen and oxygen atoms in total. The highest BCUT2D eigenvalue weighted by atomic mass is 16.5.